The van der Waals surface area contributed by atoms with Crippen LogP contribution in [-0.4, -0.2) is 13.1 Å². The average Bonchev–Trinajstić information content (AvgIpc) is 2.26. The summed E-state index contributed by atoms with van der Waals surface area (Å²) in [5, 5.41) is 0. The number of carbonyl (C=O) groups excluding carboxylic acids is 1. The predicted octanol–water partition coefficient (Wildman–Crippen LogP) is 2.83. The normalized spacial score (nSPS) is 12.5. The Labute approximate surface area is 113 Å². The molecule has 0 amide bonds. The molecule has 1 rings (SSSR count). The van der Waals surface area contributed by atoms with Crippen molar-refractivity contribution >= 4 is 18.4 Å². The van der Waals surface area contributed by atoms with Crippen LogP contribution in [0.2, 0.25) is 0 Å². The number of rotatable bonds is 3. The first-order chi connectivity index (χ1) is 8.25. The number of halogens is 5. The smallest absolute Gasteiger partial charge is 0.416 e. The van der Waals surface area contributed by atoms with Gasteiger partial charge in [-0.2, -0.15) is 13.2 Å². The summed E-state index contributed by atoms with van der Waals surface area (Å²) in [6.45, 7) is 0. The Morgan fingerprint density at radius 1 is 1.42 bits per heavy atom. The molecular formula is C11H12ClF4NO2. The quantitative estimate of drug-likeness (QED) is 0.690. The summed E-state index contributed by atoms with van der Waals surface area (Å²) in [5.41, 5.74) is 3.95. The predicted molar refractivity (Wildman–Crippen MR) is 62.2 cm³/mol. The van der Waals surface area contributed by atoms with E-state index >= 15 is 0 Å². The van der Waals surface area contributed by atoms with Gasteiger partial charge in [-0.25, -0.2) is 4.39 Å². The van der Waals surface area contributed by atoms with E-state index in [2.05, 4.69) is 4.74 Å². The third kappa shape index (κ3) is 4.68. The zero-order valence-electron chi connectivity index (χ0n) is 9.83. The lowest BCUT2D eigenvalue weighted by atomic mass is 9.98. The molecule has 1 aromatic carbocycles. The van der Waals surface area contributed by atoms with E-state index in [1.807, 2.05) is 0 Å². The fraction of sp³-hybridized carbons (Fsp3) is 0.364. The van der Waals surface area contributed by atoms with Crippen molar-refractivity contribution in [1.29, 1.82) is 0 Å². The van der Waals surface area contributed by atoms with Crippen LogP contribution in [0.25, 0.3) is 0 Å². The SMILES string of the molecule is COC(=O)C[C@@H](N)c1cc(F)ccc1C(F)(F)F.Cl. The number of carbonyl (C=O) groups is 1. The molecule has 0 aliphatic rings. The van der Waals surface area contributed by atoms with Crippen LogP contribution in [0.1, 0.15) is 23.6 Å². The lowest BCUT2D eigenvalue weighted by molar-refractivity contribution is -0.142. The molecule has 0 fully saturated rings. The Balaban J connectivity index is 0.00000324. The first-order valence-electron chi connectivity index (χ1n) is 4.94. The highest BCUT2D eigenvalue weighted by Gasteiger charge is 2.35. The van der Waals surface area contributed by atoms with Gasteiger partial charge in [-0.15, -0.1) is 12.4 Å². The summed E-state index contributed by atoms with van der Waals surface area (Å²) in [4.78, 5) is 11.0. The number of ether oxygens (including phenoxy) is 1. The molecule has 0 radical (unpaired) electrons. The number of benzene rings is 1. The molecule has 0 spiro atoms. The minimum Gasteiger partial charge on any atom is -0.469 e. The van der Waals surface area contributed by atoms with Crippen molar-refractivity contribution in [1.82, 2.24) is 0 Å². The van der Waals surface area contributed by atoms with Gasteiger partial charge in [0.15, 0.2) is 0 Å². The second kappa shape index (κ2) is 6.72. The van der Waals surface area contributed by atoms with E-state index in [1.54, 1.807) is 0 Å². The Morgan fingerprint density at radius 3 is 2.47 bits per heavy atom. The van der Waals surface area contributed by atoms with Crippen LogP contribution in [0.3, 0.4) is 0 Å². The van der Waals surface area contributed by atoms with Crippen molar-refractivity contribution in [3.63, 3.8) is 0 Å². The summed E-state index contributed by atoms with van der Waals surface area (Å²) in [6, 6.07) is 0.694. The first-order valence-corrected chi connectivity index (χ1v) is 4.94. The van der Waals surface area contributed by atoms with Gasteiger partial charge in [-0.3, -0.25) is 4.79 Å². The second-order valence-electron chi connectivity index (χ2n) is 3.62. The molecule has 19 heavy (non-hydrogen) atoms. The Hall–Kier alpha value is -1.34. The van der Waals surface area contributed by atoms with Crippen molar-refractivity contribution in [3.8, 4) is 0 Å². The Bertz CT molecular complexity index is 451. The topological polar surface area (TPSA) is 52.3 Å². The summed E-state index contributed by atoms with van der Waals surface area (Å²) in [5.74, 6) is -1.61. The van der Waals surface area contributed by atoms with Gasteiger partial charge in [-0.1, -0.05) is 0 Å². The molecule has 0 saturated carbocycles. The number of hydrogen-bond donors (Lipinski definition) is 1. The molecule has 0 saturated heterocycles. The average molecular weight is 302 g/mol. The van der Waals surface area contributed by atoms with Gasteiger partial charge >= 0.3 is 12.1 Å². The maximum Gasteiger partial charge on any atom is 0.416 e. The first kappa shape index (κ1) is 17.7. The van der Waals surface area contributed by atoms with Gasteiger partial charge in [0.25, 0.3) is 0 Å². The largest absolute Gasteiger partial charge is 0.469 e. The number of esters is 1. The molecule has 8 heteroatoms. The van der Waals surface area contributed by atoms with Crippen LogP contribution in [0.15, 0.2) is 18.2 Å². The van der Waals surface area contributed by atoms with Crippen LogP contribution in [0, 0.1) is 5.82 Å². The van der Waals surface area contributed by atoms with Crippen molar-refractivity contribution in [2.45, 2.75) is 18.6 Å². The third-order valence-electron chi connectivity index (χ3n) is 2.33. The molecule has 1 atom stereocenters. The van der Waals surface area contributed by atoms with Gasteiger partial charge in [0.05, 0.1) is 19.1 Å². The molecule has 0 aliphatic carbocycles. The van der Waals surface area contributed by atoms with E-state index < -0.39 is 41.6 Å². The highest BCUT2D eigenvalue weighted by atomic mass is 35.5. The Kier molecular flexibility index (Phi) is 6.24. The fourth-order valence-corrected chi connectivity index (χ4v) is 1.47. The second-order valence-corrected chi connectivity index (χ2v) is 3.62. The van der Waals surface area contributed by atoms with Crippen molar-refractivity contribution in [2.24, 2.45) is 5.73 Å². The highest BCUT2D eigenvalue weighted by Crippen LogP contribution is 2.35. The number of nitrogens with two attached hydrogens (primary N) is 1. The van der Waals surface area contributed by atoms with E-state index in [1.165, 1.54) is 0 Å². The molecule has 0 aromatic heterocycles. The maximum atomic E-state index is 13.0. The van der Waals surface area contributed by atoms with E-state index in [0.29, 0.717) is 18.2 Å². The molecule has 108 valence electrons. The molecule has 3 nitrogen and oxygen atoms in total. The summed E-state index contributed by atoms with van der Waals surface area (Å²) in [6.07, 6.45) is -5.11. The molecular weight excluding hydrogens is 290 g/mol. The molecule has 0 unspecified atom stereocenters. The number of alkyl halides is 3. The minimum absolute atomic E-state index is 0. The van der Waals surface area contributed by atoms with Crippen LogP contribution >= 0.6 is 12.4 Å². The Morgan fingerprint density at radius 2 is 2.00 bits per heavy atom. The lowest BCUT2D eigenvalue weighted by Crippen LogP contribution is -2.21. The minimum atomic E-state index is -4.66. The van der Waals surface area contributed by atoms with Gasteiger partial charge in [0, 0.05) is 6.04 Å². The van der Waals surface area contributed by atoms with Crippen LogP contribution < -0.4 is 5.73 Å². The maximum absolute atomic E-state index is 13.0. The summed E-state index contributed by atoms with van der Waals surface area (Å²) < 4.78 is 55.3. The van der Waals surface area contributed by atoms with Crippen LogP contribution in [0.5, 0.6) is 0 Å². The molecule has 0 bridgehead atoms. The van der Waals surface area contributed by atoms with Gasteiger partial charge in [-0.05, 0) is 23.8 Å². The lowest BCUT2D eigenvalue weighted by Gasteiger charge is -2.17. The zero-order valence-corrected chi connectivity index (χ0v) is 10.6. The van der Waals surface area contributed by atoms with Gasteiger partial charge < -0.3 is 10.5 Å². The number of methoxy groups -OCH3 is 1. The summed E-state index contributed by atoms with van der Waals surface area (Å²) >= 11 is 0. The van der Waals surface area contributed by atoms with Crippen LogP contribution in [0.4, 0.5) is 17.6 Å². The van der Waals surface area contributed by atoms with Crippen LogP contribution in [-0.2, 0) is 15.7 Å². The van der Waals surface area contributed by atoms with E-state index in [-0.39, 0.29) is 12.4 Å². The van der Waals surface area contributed by atoms with Crippen molar-refractivity contribution < 1.29 is 27.1 Å². The van der Waals surface area contributed by atoms with E-state index in [0.717, 1.165) is 7.11 Å². The highest BCUT2D eigenvalue weighted by molar-refractivity contribution is 5.85. The standard InChI is InChI=1S/C11H11F4NO2.ClH/c1-18-10(17)5-9(16)7-4-6(12)2-3-8(7)11(13,14)15;/h2-4,9H,5,16H2,1H3;1H/t9-;/m1./s1. The van der Waals surface area contributed by atoms with E-state index in [4.69, 9.17) is 5.73 Å². The molecule has 0 heterocycles. The van der Waals surface area contributed by atoms with Gasteiger partial charge in [0.2, 0.25) is 0 Å². The third-order valence-corrected chi connectivity index (χ3v) is 2.33. The number of hydrogen-bond acceptors (Lipinski definition) is 3. The van der Waals surface area contributed by atoms with Crippen molar-refractivity contribution in [3.05, 3.63) is 35.1 Å². The molecule has 2 N–H and O–H groups in total. The van der Waals surface area contributed by atoms with E-state index in [9.17, 15) is 22.4 Å². The van der Waals surface area contributed by atoms with Gasteiger partial charge in [0.1, 0.15) is 5.82 Å². The molecule has 1 aromatic rings. The summed E-state index contributed by atoms with van der Waals surface area (Å²) in [7, 11) is 1.09. The fourth-order valence-electron chi connectivity index (χ4n) is 1.47. The van der Waals surface area contributed by atoms with Crippen molar-refractivity contribution in [2.75, 3.05) is 7.11 Å². The zero-order chi connectivity index (χ0) is 13.9. The monoisotopic (exact) mass is 301 g/mol. The molecule has 0 aliphatic heterocycles.